The Morgan fingerprint density at radius 3 is 1.57 bits per heavy atom. The Labute approximate surface area is 131 Å². The third-order valence-corrected chi connectivity index (χ3v) is 3.51. The molecule has 0 aromatic carbocycles. The third kappa shape index (κ3) is 4.30. The summed E-state index contributed by atoms with van der Waals surface area (Å²) >= 11 is 0. The van der Waals surface area contributed by atoms with Gasteiger partial charge < -0.3 is 9.84 Å². The zero-order valence-electron chi connectivity index (χ0n) is 13.8. The van der Waals surface area contributed by atoms with E-state index in [4.69, 9.17) is 0 Å². The fourth-order valence-corrected chi connectivity index (χ4v) is 2.39. The van der Waals surface area contributed by atoms with E-state index < -0.39 is 34.9 Å². The van der Waals surface area contributed by atoms with Crippen molar-refractivity contribution in [3.8, 4) is 0 Å². The number of aliphatic hydroxyl groups is 1. The number of carbonyl (C=O) groups is 1. The molecule has 0 saturated carbocycles. The Kier molecular flexibility index (Phi) is 5.88. The first-order chi connectivity index (χ1) is 9.79. The summed E-state index contributed by atoms with van der Waals surface area (Å²) < 4.78 is 81.8. The lowest BCUT2D eigenvalue weighted by molar-refractivity contribution is -0.408. The molecule has 0 aliphatic rings. The molecule has 138 valence electrons. The van der Waals surface area contributed by atoms with Crippen molar-refractivity contribution in [2.24, 2.45) is 11.3 Å². The van der Waals surface area contributed by atoms with E-state index in [-0.39, 0.29) is 12.3 Å². The Bertz CT molecular complexity index is 421. The molecule has 0 radical (unpaired) electrons. The van der Waals surface area contributed by atoms with Crippen molar-refractivity contribution in [3.63, 3.8) is 0 Å². The van der Waals surface area contributed by atoms with Gasteiger partial charge in [0, 0.05) is 0 Å². The van der Waals surface area contributed by atoms with E-state index >= 15 is 0 Å². The lowest BCUT2D eigenvalue weighted by Gasteiger charge is -2.44. The molecule has 3 nitrogen and oxygen atoms in total. The van der Waals surface area contributed by atoms with E-state index in [9.17, 15) is 36.2 Å². The summed E-state index contributed by atoms with van der Waals surface area (Å²) in [6, 6.07) is 0. The molecule has 0 bridgehead atoms. The standard InChI is InChI=1S/C14H22F6O3/c1-8(2)7-10(3,4)9(21)23-11(5,6)12(22,13(15,16)17)14(18,19)20/h8,22H,7H2,1-6H3. The van der Waals surface area contributed by atoms with E-state index in [1.165, 1.54) is 13.8 Å². The average molecular weight is 352 g/mol. The van der Waals surface area contributed by atoms with Gasteiger partial charge in [0.15, 0.2) is 5.60 Å². The summed E-state index contributed by atoms with van der Waals surface area (Å²) in [6.45, 7) is 6.95. The van der Waals surface area contributed by atoms with Crippen LogP contribution in [-0.4, -0.2) is 34.6 Å². The molecule has 0 heterocycles. The van der Waals surface area contributed by atoms with Gasteiger partial charge in [-0.1, -0.05) is 13.8 Å². The molecule has 0 aliphatic heterocycles. The molecule has 0 rings (SSSR count). The van der Waals surface area contributed by atoms with Gasteiger partial charge in [-0.15, -0.1) is 0 Å². The molecule has 0 fully saturated rings. The Balaban J connectivity index is 5.74. The quantitative estimate of drug-likeness (QED) is 0.595. The first-order valence-electron chi connectivity index (χ1n) is 6.89. The van der Waals surface area contributed by atoms with Crippen molar-refractivity contribution >= 4 is 5.97 Å². The number of halogens is 6. The van der Waals surface area contributed by atoms with Crippen molar-refractivity contribution in [2.45, 2.75) is 71.5 Å². The molecule has 0 amide bonds. The molecule has 1 N–H and O–H groups in total. The number of rotatable bonds is 5. The van der Waals surface area contributed by atoms with E-state index in [0.29, 0.717) is 13.8 Å². The van der Waals surface area contributed by atoms with E-state index in [1.807, 2.05) is 0 Å². The Morgan fingerprint density at radius 2 is 1.30 bits per heavy atom. The number of alkyl halides is 6. The maximum atomic E-state index is 12.9. The molecule has 9 heteroatoms. The molecular weight excluding hydrogens is 330 g/mol. The topological polar surface area (TPSA) is 46.5 Å². The SMILES string of the molecule is CC(C)CC(C)(C)C(=O)OC(C)(C)C(O)(C(F)(F)F)C(F)(F)F. The lowest BCUT2D eigenvalue weighted by atomic mass is 9.81. The zero-order chi connectivity index (χ0) is 19.1. The molecule has 0 aromatic rings. The molecule has 23 heavy (non-hydrogen) atoms. The lowest BCUT2D eigenvalue weighted by Crippen LogP contribution is -2.70. The predicted molar refractivity (Wildman–Crippen MR) is 70.5 cm³/mol. The zero-order valence-corrected chi connectivity index (χ0v) is 13.8. The second kappa shape index (κ2) is 6.14. The highest BCUT2D eigenvalue weighted by molar-refractivity contribution is 5.76. The Morgan fingerprint density at radius 1 is 0.957 bits per heavy atom. The maximum Gasteiger partial charge on any atom is 0.430 e. The van der Waals surface area contributed by atoms with Gasteiger partial charge in [-0.3, -0.25) is 4.79 Å². The molecule has 0 atom stereocenters. The van der Waals surface area contributed by atoms with E-state index in [2.05, 4.69) is 4.74 Å². The van der Waals surface area contributed by atoms with E-state index in [1.54, 1.807) is 13.8 Å². The minimum absolute atomic E-state index is 0.0372. The van der Waals surface area contributed by atoms with Gasteiger partial charge in [0.1, 0.15) is 0 Å². The van der Waals surface area contributed by atoms with Crippen LogP contribution in [0.1, 0.15) is 48.0 Å². The molecule has 0 saturated heterocycles. The highest BCUT2D eigenvalue weighted by Gasteiger charge is 2.78. The van der Waals surface area contributed by atoms with Crippen LogP contribution < -0.4 is 0 Å². The van der Waals surface area contributed by atoms with Gasteiger partial charge in [0.25, 0.3) is 5.60 Å². The van der Waals surface area contributed by atoms with Crippen LogP contribution in [0, 0.1) is 11.3 Å². The van der Waals surface area contributed by atoms with E-state index in [0.717, 1.165) is 0 Å². The van der Waals surface area contributed by atoms with Gasteiger partial charge >= 0.3 is 18.3 Å². The fraction of sp³-hybridized carbons (Fsp3) is 0.929. The minimum atomic E-state index is -6.07. The van der Waals surface area contributed by atoms with Crippen molar-refractivity contribution in [1.82, 2.24) is 0 Å². The monoisotopic (exact) mass is 352 g/mol. The summed E-state index contributed by atoms with van der Waals surface area (Å²) in [5.74, 6) is -1.28. The number of carbonyl (C=O) groups excluding carboxylic acids is 1. The second-order valence-electron chi connectivity index (χ2n) is 7.09. The molecule has 0 spiro atoms. The van der Waals surface area contributed by atoms with Gasteiger partial charge in [-0.05, 0) is 40.0 Å². The van der Waals surface area contributed by atoms with Gasteiger partial charge in [0.05, 0.1) is 5.41 Å². The fourth-order valence-electron chi connectivity index (χ4n) is 2.39. The van der Waals surface area contributed by atoms with Crippen LogP contribution >= 0.6 is 0 Å². The van der Waals surface area contributed by atoms with Gasteiger partial charge in [-0.25, -0.2) is 0 Å². The Hall–Kier alpha value is -0.990. The normalized spacial score (nSPS) is 15.0. The van der Waals surface area contributed by atoms with Crippen molar-refractivity contribution in [3.05, 3.63) is 0 Å². The smallest absolute Gasteiger partial charge is 0.430 e. The number of hydrogen-bond acceptors (Lipinski definition) is 3. The van der Waals surface area contributed by atoms with Crippen LogP contribution in [0.3, 0.4) is 0 Å². The first kappa shape index (κ1) is 22.0. The number of ether oxygens (including phenoxy) is 1. The highest BCUT2D eigenvalue weighted by atomic mass is 19.4. The highest BCUT2D eigenvalue weighted by Crippen LogP contribution is 2.51. The summed E-state index contributed by atoms with van der Waals surface area (Å²) in [5, 5.41) is 9.38. The predicted octanol–water partition coefficient (Wildman–Crippen LogP) is 4.24. The van der Waals surface area contributed by atoms with Crippen molar-refractivity contribution in [1.29, 1.82) is 0 Å². The van der Waals surface area contributed by atoms with Crippen LogP contribution in [0.5, 0.6) is 0 Å². The van der Waals surface area contributed by atoms with Gasteiger partial charge in [0.2, 0.25) is 0 Å². The van der Waals surface area contributed by atoms with Crippen molar-refractivity contribution < 1.29 is 41.0 Å². The average Bonchev–Trinajstić information content (AvgIpc) is 2.21. The van der Waals surface area contributed by atoms with Crippen LogP contribution in [0.4, 0.5) is 26.3 Å². The molecule has 0 unspecified atom stereocenters. The molecular formula is C14H22F6O3. The van der Waals surface area contributed by atoms with Gasteiger partial charge in [-0.2, -0.15) is 26.3 Å². The summed E-state index contributed by atoms with van der Waals surface area (Å²) in [5.41, 5.74) is -9.74. The number of hydrogen-bond donors (Lipinski definition) is 1. The summed E-state index contributed by atoms with van der Waals surface area (Å²) in [4.78, 5) is 12.0. The molecule has 0 aliphatic carbocycles. The summed E-state index contributed by atoms with van der Waals surface area (Å²) in [7, 11) is 0. The van der Waals surface area contributed by atoms with Crippen molar-refractivity contribution in [2.75, 3.05) is 0 Å². The van der Waals surface area contributed by atoms with Crippen LogP contribution in [-0.2, 0) is 9.53 Å². The first-order valence-corrected chi connectivity index (χ1v) is 6.89. The van der Waals surface area contributed by atoms with Crippen LogP contribution in [0.15, 0.2) is 0 Å². The number of esters is 1. The largest absolute Gasteiger partial charge is 0.455 e. The third-order valence-electron chi connectivity index (χ3n) is 3.51. The minimum Gasteiger partial charge on any atom is -0.455 e. The van der Waals surface area contributed by atoms with Crippen LogP contribution in [0.2, 0.25) is 0 Å². The maximum absolute atomic E-state index is 12.9. The van der Waals surface area contributed by atoms with Crippen LogP contribution in [0.25, 0.3) is 0 Å². The molecule has 0 aromatic heterocycles. The second-order valence-corrected chi connectivity index (χ2v) is 7.09. The summed E-state index contributed by atoms with van der Waals surface area (Å²) in [6.07, 6.45) is -12.0.